The Morgan fingerprint density at radius 2 is 2.00 bits per heavy atom. The zero-order valence-electron chi connectivity index (χ0n) is 10.3. The van der Waals surface area contributed by atoms with E-state index < -0.39 is 5.97 Å². The Bertz CT molecular complexity index is 541. The van der Waals surface area contributed by atoms with Crippen LogP contribution in [0.3, 0.4) is 0 Å². The first-order valence-electron chi connectivity index (χ1n) is 5.56. The van der Waals surface area contributed by atoms with Crippen LogP contribution in [0, 0.1) is 0 Å². The molecule has 0 unspecified atom stereocenters. The van der Waals surface area contributed by atoms with Crippen molar-refractivity contribution < 1.29 is 19.4 Å². The third-order valence-corrected chi connectivity index (χ3v) is 2.83. The van der Waals surface area contributed by atoms with Crippen molar-refractivity contribution in [2.45, 2.75) is 13.8 Å². The number of hydrogen-bond donors (Lipinski definition) is 1. The maximum absolute atomic E-state index is 10.8. The molecule has 1 aromatic carbocycles. The molecule has 4 nitrogen and oxygen atoms in total. The van der Waals surface area contributed by atoms with Gasteiger partial charge in [-0.15, -0.1) is 0 Å². The number of rotatable bonds is 3. The van der Waals surface area contributed by atoms with Gasteiger partial charge in [0.15, 0.2) is 11.5 Å². The Kier molecular flexibility index (Phi) is 3.37. The molecule has 2 rings (SSSR count). The van der Waals surface area contributed by atoms with Gasteiger partial charge in [0.1, 0.15) is 0 Å². The van der Waals surface area contributed by atoms with E-state index in [1.165, 1.54) is 0 Å². The van der Waals surface area contributed by atoms with E-state index >= 15 is 0 Å². The van der Waals surface area contributed by atoms with Crippen LogP contribution in [0.15, 0.2) is 35.4 Å². The Balaban J connectivity index is 2.19. The highest BCUT2D eigenvalue weighted by molar-refractivity contribution is 5.87. The highest BCUT2D eigenvalue weighted by Crippen LogP contribution is 2.32. The maximum Gasteiger partial charge on any atom is 0.331 e. The third-order valence-electron chi connectivity index (χ3n) is 2.83. The monoisotopic (exact) mass is 246 g/mol. The smallest absolute Gasteiger partial charge is 0.331 e. The van der Waals surface area contributed by atoms with Crippen LogP contribution in [-0.2, 0) is 4.79 Å². The van der Waals surface area contributed by atoms with Crippen molar-refractivity contribution in [3.8, 4) is 11.5 Å². The van der Waals surface area contributed by atoms with Crippen molar-refractivity contribution in [1.82, 2.24) is 0 Å². The largest absolute Gasteiger partial charge is 0.478 e. The summed E-state index contributed by atoms with van der Waals surface area (Å²) in [6, 6.07) is 5.60. The van der Waals surface area contributed by atoms with E-state index in [1.807, 2.05) is 24.3 Å². The van der Waals surface area contributed by atoms with Gasteiger partial charge in [0.25, 0.3) is 0 Å². The molecule has 0 amide bonds. The predicted molar refractivity (Wildman–Crippen MR) is 67.6 cm³/mol. The Morgan fingerprint density at radius 3 is 2.72 bits per heavy atom. The summed E-state index contributed by atoms with van der Waals surface area (Å²) in [6.45, 7) is 3.61. The van der Waals surface area contributed by atoms with Crippen LogP contribution in [0.25, 0.3) is 6.08 Å². The molecule has 0 fully saturated rings. The van der Waals surface area contributed by atoms with Gasteiger partial charge in [-0.2, -0.15) is 0 Å². The molecule has 18 heavy (non-hydrogen) atoms. The summed E-state index contributed by atoms with van der Waals surface area (Å²) in [5, 5.41) is 8.85. The van der Waals surface area contributed by atoms with Gasteiger partial charge in [0.2, 0.25) is 6.79 Å². The Hall–Kier alpha value is -2.23. The summed E-state index contributed by atoms with van der Waals surface area (Å²) < 4.78 is 10.5. The lowest BCUT2D eigenvalue weighted by molar-refractivity contribution is -0.132. The van der Waals surface area contributed by atoms with E-state index in [9.17, 15) is 4.79 Å². The molecular weight excluding hydrogens is 232 g/mol. The summed E-state index contributed by atoms with van der Waals surface area (Å²) in [6.07, 6.45) is 3.63. The molecule has 0 bridgehead atoms. The molecule has 4 heteroatoms. The molecule has 1 aromatic rings. The van der Waals surface area contributed by atoms with Crippen LogP contribution in [0.5, 0.6) is 11.5 Å². The number of carboxylic acids is 1. The molecule has 94 valence electrons. The molecular formula is C14H14O4. The molecule has 0 spiro atoms. The second kappa shape index (κ2) is 4.96. The summed E-state index contributed by atoms with van der Waals surface area (Å²) in [5.41, 5.74) is 2.00. The van der Waals surface area contributed by atoms with Gasteiger partial charge in [0, 0.05) is 5.57 Å². The van der Waals surface area contributed by atoms with Crippen molar-refractivity contribution in [2.24, 2.45) is 0 Å². The topological polar surface area (TPSA) is 55.8 Å². The number of carbonyl (C=O) groups is 1. The highest BCUT2D eigenvalue weighted by Gasteiger charge is 2.12. The molecule has 0 saturated heterocycles. The molecule has 1 N–H and O–H groups in total. The van der Waals surface area contributed by atoms with Gasteiger partial charge in [-0.05, 0) is 37.1 Å². The molecule has 0 aromatic heterocycles. The molecule has 1 heterocycles. The lowest BCUT2D eigenvalue weighted by Crippen LogP contribution is -1.97. The fraction of sp³-hybridized carbons (Fsp3) is 0.214. The second-order valence-electron chi connectivity index (χ2n) is 4.06. The molecule has 1 aliphatic rings. The van der Waals surface area contributed by atoms with Crippen LogP contribution in [0.2, 0.25) is 0 Å². The van der Waals surface area contributed by atoms with E-state index in [4.69, 9.17) is 14.6 Å². The average molecular weight is 246 g/mol. The minimum atomic E-state index is -0.900. The number of aliphatic carboxylic acids is 1. The highest BCUT2D eigenvalue weighted by atomic mass is 16.7. The van der Waals surface area contributed by atoms with Gasteiger partial charge in [-0.25, -0.2) is 4.79 Å². The zero-order chi connectivity index (χ0) is 13.1. The summed E-state index contributed by atoms with van der Waals surface area (Å²) >= 11 is 0. The average Bonchev–Trinajstić information content (AvgIpc) is 2.82. The van der Waals surface area contributed by atoms with E-state index in [2.05, 4.69) is 0 Å². The van der Waals surface area contributed by atoms with Crippen molar-refractivity contribution in [2.75, 3.05) is 6.79 Å². The molecule has 0 aliphatic carbocycles. The minimum absolute atomic E-state index is 0.250. The molecule has 0 radical (unpaired) electrons. The third kappa shape index (κ3) is 2.53. The molecule has 0 saturated carbocycles. The van der Waals surface area contributed by atoms with Gasteiger partial charge in [-0.3, -0.25) is 0 Å². The van der Waals surface area contributed by atoms with Gasteiger partial charge < -0.3 is 14.6 Å². The van der Waals surface area contributed by atoms with E-state index in [0.717, 1.165) is 16.9 Å². The fourth-order valence-corrected chi connectivity index (χ4v) is 1.53. The van der Waals surface area contributed by atoms with Crippen LogP contribution >= 0.6 is 0 Å². The van der Waals surface area contributed by atoms with E-state index in [1.54, 1.807) is 19.9 Å². The summed E-state index contributed by atoms with van der Waals surface area (Å²) in [7, 11) is 0. The number of ether oxygens (including phenoxy) is 2. The van der Waals surface area contributed by atoms with Crippen molar-refractivity contribution in [3.05, 3.63) is 41.0 Å². The van der Waals surface area contributed by atoms with Gasteiger partial charge in [0.05, 0.1) is 0 Å². The predicted octanol–water partition coefficient (Wildman–Crippen LogP) is 2.85. The number of fused-ring (bicyclic) bond motifs is 1. The number of allylic oxidation sites excluding steroid dienone is 2. The Labute approximate surface area is 105 Å². The number of benzene rings is 1. The van der Waals surface area contributed by atoms with Gasteiger partial charge in [-0.1, -0.05) is 18.2 Å². The standard InChI is InChI=1S/C14H14O4/c1-9(10(2)14(15)16)3-4-11-5-6-12-13(7-11)18-8-17-12/h3-7H,8H2,1-2H3,(H,15,16). The normalized spacial score (nSPS) is 14.8. The lowest BCUT2D eigenvalue weighted by atomic mass is 10.1. The van der Waals surface area contributed by atoms with Crippen LogP contribution < -0.4 is 9.47 Å². The molecule has 1 aliphatic heterocycles. The quantitative estimate of drug-likeness (QED) is 0.658. The molecule has 0 atom stereocenters. The first-order chi connectivity index (χ1) is 8.58. The van der Waals surface area contributed by atoms with Crippen molar-refractivity contribution >= 4 is 12.0 Å². The first-order valence-corrected chi connectivity index (χ1v) is 5.56. The van der Waals surface area contributed by atoms with E-state index in [-0.39, 0.29) is 6.79 Å². The van der Waals surface area contributed by atoms with Crippen molar-refractivity contribution in [3.63, 3.8) is 0 Å². The SMILES string of the molecule is CC(C=Cc1ccc2c(c1)OCO2)=C(C)C(=O)O. The number of hydrogen-bond acceptors (Lipinski definition) is 3. The fourth-order valence-electron chi connectivity index (χ4n) is 1.53. The van der Waals surface area contributed by atoms with Gasteiger partial charge >= 0.3 is 5.97 Å². The zero-order valence-corrected chi connectivity index (χ0v) is 10.3. The number of carboxylic acid groups (broad SMARTS) is 1. The Morgan fingerprint density at radius 1 is 1.28 bits per heavy atom. The van der Waals surface area contributed by atoms with Crippen LogP contribution in [0.1, 0.15) is 19.4 Å². The van der Waals surface area contributed by atoms with Crippen molar-refractivity contribution in [1.29, 1.82) is 0 Å². The lowest BCUT2D eigenvalue weighted by Gasteiger charge is -1.99. The summed E-state index contributed by atoms with van der Waals surface area (Å²) in [5.74, 6) is 0.553. The minimum Gasteiger partial charge on any atom is -0.478 e. The second-order valence-corrected chi connectivity index (χ2v) is 4.06. The summed E-state index contributed by atoms with van der Waals surface area (Å²) in [4.78, 5) is 10.8. The van der Waals surface area contributed by atoms with E-state index in [0.29, 0.717) is 11.3 Å². The van der Waals surface area contributed by atoms with Crippen LogP contribution in [0.4, 0.5) is 0 Å². The first kappa shape index (κ1) is 12.2. The maximum atomic E-state index is 10.8. The van der Waals surface area contributed by atoms with Crippen LogP contribution in [-0.4, -0.2) is 17.9 Å².